The van der Waals surface area contributed by atoms with Crippen molar-refractivity contribution in [1.29, 1.82) is 0 Å². The van der Waals surface area contributed by atoms with Crippen LogP contribution >= 0.6 is 0 Å². The highest BCUT2D eigenvalue weighted by Crippen LogP contribution is 2.07. The van der Waals surface area contributed by atoms with Crippen LogP contribution in [-0.2, 0) is 4.74 Å². The largest absolute Gasteiger partial charge is 0.382 e. The van der Waals surface area contributed by atoms with Crippen molar-refractivity contribution >= 4 is 11.6 Å². The van der Waals surface area contributed by atoms with Crippen molar-refractivity contribution in [3.63, 3.8) is 0 Å². The molecular formula is C14H19N3O2. The number of hydrogen-bond donors (Lipinski definition) is 1. The number of pyridine rings is 1. The van der Waals surface area contributed by atoms with E-state index in [4.69, 9.17) is 4.74 Å². The first kappa shape index (κ1) is 13.5. The Morgan fingerprint density at radius 3 is 3.16 bits per heavy atom. The summed E-state index contributed by atoms with van der Waals surface area (Å²) < 4.78 is 7.12. The lowest BCUT2D eigenvalue weighted by molar-refractivity contribution is 0.0944. The van der Waals surface area contributed by atoms with Gasteiger partial charge in [-0.1, -0.05) is 0 Å². The third kappa shape index (κ3) is 3.54. The lowest BCUT2D eigenvalue weighted by atomic mass is 10.2. The number of carbonyl (C=O) groups excluding carboxylic acids is 1. The van der Waals surface area contributed by atoms with E-state index < -0.39 is 0 Å². The van der Waals surface area contributed by atoms with E-state index in [2.05, 4.69) is 10.3 Å². The Bertz CT molecular complexity index is 563. The zero-order valence-corrected chi connectivity index (χ0v) is 11.3. The van der Waals surface area contributed by atoms with Crippen molar-refractivity contribution in [3.8, 4) is 0 Å². The first-order valence-electron chi connectivity index (χ1n) is 6.52. The summed E-state index contributed by atoms with van der Waals surface area (Å²) in [6.07, 6.45) is 4.61. The standard InChI is InChI=1S/C14H19N3O2/c1-3-19-8-4-6-15-14(18)12-5-7-17-10-11(2)16-13(17)9-12/h5,7,9-10H,3-4,6,8H2,1-2H3,(H,15,18). The minimum absolute atomic E-state index is 0.0698. The summed E-state index contributed by atoms with van der Waals surface area (Å²) >= 11 is 0. The zero-order chi connectivity index (χ0) is 13.7. The molecule has 1 amide bonds. The van der Waals surface area contributed by atoms with Crippen molar-refractivity contribution < 1.29 is 9.53 Å². The number of fused-ring (bicyclic) bond motifs is 1. The molecule has 0 unspecified atom stereocenters. The van der Waals surface area contributed by atoms with Gasteiger partial charge in [-0.3, -0.25) is 4.79 Å². The summed E-state index contributed by atoms with van der Waals surface area (Å²) in [5.41, 5.74) is 2.36. The molecule has 0 spiro atoms. The maximum atomic E-state index is 11.9. The fraction of sp³-hybridized carbons (Fsp3) is 0.429. The minimum Gasteiger partial charge on any atom is -0.382 e. The molecule has 0 aliphatic rings. The maximum absolute atomic E-state index is 11.9. The Hall–Kier alpha value is -1.88. The molecule has 0 aliphatic heterocycles. The Labute approximate surface area is 112 Å². The predicted octanol–water partition coefficient (Wildman–Crippen LogP) is 1.80. The molecule has 2 aromatic heterocycles. The highest BCUT2D eigenvalue weighted by molar-refractivity contribution is 5.94. The molecule has 2 rings (SSSR count). The molecule has 19 heavy (non-hydrogen) atoms. The van der Waals surface area contributed by atoms with Gasteiger partial charge in [0.2, 0.25) is 0 Å². The van der Waals surface area contributed by atoms with E-state index in [1.807, 2.05) is 30.6 Å². The number of hydrogen-bond acceptors (Lipinski definition) is 3. The van der Waals surface area contributed by atoms with Crippen LogP contribution in [0.1, 0.15) is 29.4 Å². The smallest absolute Gasteiger partial charge is 0.251 e. The Morgan fingerprint density at radius 1 is 1.53 bits per heavy atom. The summed E-state index contributed by atoms with van der Waals surface area (Å²) in [7, 11) is 0. The summed E-state index contributed by atoms with van der Waals surface area (Å²) in [6.45, 7) is 5.90. The number of aromatic nitrogens is 2. The molecule has 0 radical (unpaired) electrons. The summed E-state index contributed by atoms with van der Waals surface area (Å²) in [6, 6.07) is 3.59. The number of aryl methyl sites for hydroxylation is 1. The molecule has 1 N–H and O–H groups in total. The molecule has 0 aromatic carbocycles. The fourth-order valence-electron chi connectivity index (χ4n) is 1.87. The van der Waals surface area contributed by atoms with Crippen LogP contribution in [0.3, 0.4) is 0 Å². The second-order valence-electron chi connectivity index (χ2n) is 4.37. The highest BCUT2D eigenvalue weighted by atomic mass is 16.5. The Kier molecular flexibility index (Phi) is 4.52. The highest BCUT2D eigenvalue weighted by Gasteiger charge is 2.06. The normalized spacial score (nSPS) is 10.8. The number of rotatable bonds is 6. The van der Waals surface area contributed by atoms with Gasteiger partial charge >= 0.3 is 0 Å². The predicted molar refractivity (Wildman–Crippen MR) is 73.4 cm³/mol. The second kappa shape index (κ2) is 6.33. The molecular weight excluding hydrogens is 242 g/mol. The van der Waals surface area contributed by atoms with Crippen LogP contribution in [0, 0.1) is 6.92 Å². The molecule has 0 atom stereocenters. The molecule has 5 nitrogen and oxygen atoms in total. The number of ether oxygens (including phenoxy) is 1. The van der Waals surface area contributed by atoms with E-state index in [9.17, 15) is 4.79 Å². The molecule has 0 saturated carbocycles. The minimum atomic E-state index is -0.0698. The first-order chi connectivity index (χ1) is 9.20. The average molecular weight is 261 g/mol. The van der Waals surface area contributed by atoms with Gasteiger partial charge in [0, 0.05) is 37.7 Å². The lowest BCUT2D eigenvalue weighted by Gasteiger charge is -2.05. The fourth-order valence-corrected chi connectivity index (χ4v) is 1.87. The van der Waals surface area contributed by atoms with Gasteiger partial charge in [-0.2, -0.15) is 0 Å². The lowest BCUT2D eigenvalue weighted by Crippen LogP contribution is -2.25. The Morgan fingerprint density at radius 2 is 2.37 bits per heavy atom. The van der Waals surface area contributed by atoms with Crippen LogP contribution in [0.15, 0.2) is 24.5 Å². The summed E-state index contributed by atoms with van der Waals surface area (Å²) in [5, 5.41) is 2.87. The van der Waals surface area contributed by atoms with Gasteiger partial charge in [-0.15, -0.1) is 0 Å². The monoisotopic (exact) mass is 261 g/mol. The summed E-state index contributed by atoms with van der Waals surface area (Å²) in [4.78, 5) is 16.3. The van der Waals surface area contributed by atoms with Crippen molar-refractivity contribution in [3.05, 3.63) is 35.8 Å². The van der Waals surface area contributed by atoms with Gasteiger partial charge in [0.15, 0.2) is 0 Å². The number of amides is 1. The number of imidazole rings is 1. The van der Waals surface area contributed by atoms with E-state index in [0.29, 0.717) is 25.3 Å². The third-order valence-corrected chi connectivity index (χ3v) is 2.80. The van der Waals surface area contributed by atoms with Crippen LogP contribution in [0.5, 0.6) is 0 Å². The topological polar surface area (TPSA) is 55.6 Å². The molecule has 0 fully saturated rings. The van der Waals surface area contributed by atoms with Crippen LogP contribution < -0.4 is 5.32 Å². The van der Waals surface area contributed by atoms with Gasteiger partial charge < -0.3 is 14.5 Å². The summed E-state index contributed by atoms with van der Waals surface area (Å²) in [5.74, 6) is -0.0698. The van der Waals surface area contributed by atoms with Gasteiger partial charge in [0.25, 0.3) is 5.91 Å². The quantitative estimate of drug-likeness (QED) is 0.807. The van der Waals surface area contributed by atoms with Gasteiger partial charge in [0.1, 0.15) is 5.65 Å². The van der Waals surface area contributed by atoms with Gasteiger partial charge in [-0.25, -0.2) is 4.98 Å². The van der Waals surface area contributed by atoms with Crippen molar-refractivity contribution in [2.75, 3.05) is 19.8 Å². The van der Waals surface area contributed by atoms with E-state index >= 15 is 0 Å². The second-order valence-corrected chi connectivity index (χ2v) is 4.37. The molecule has 2 aromatic rings. The van der Waals surface area contributed by atoms with E-state index in [-0.39, 0.29) is 5.91 Å². The van der Waals surface area contributed by atoms with Crippen LogP contribution in [0.4, 0.5) is 0 Å². The van der Waals surface area contributed by atoms with E-state index in [1.54, 1.807) is 12.1 Å². The zero-order valence-electron chi connectivity index (χ0n) is 11.3. The Balaban J connectivity index is 1.93. The van der Waals surface area contributed by atoms with E-state index in [0.717, 1.165) is 17.8 Å². The molecule has 0 saturated heterocycles. The van der Waals surface area contributed by atoms with Gasteiger partial charge in [0.05, 0.1) is 5.69 Å². The number of carbonyl (C=O) groups is 1. The molecule has 0 aliphatic carbocycles. The van der Waals surface area contributed by atoms with Crippen LogP contribution in [-0.4, -0.2) is 35.1 Å². The number of nitrogens with zero attached hydrogens (tertiary/aromatic N) is 2. The molecule has 0 bridgehead atoms. The number of nitrogens with one attached hydrogen (secondary N) is 1. The molecule has 102 valence electrons. The third-order valence-electron chi connectivity index (χ3n) is 2.80. The average Bonchev–Trinajstić information content (AvgIpc) is 2.77. The van der Waals surface area contributed by atoms with Crippen LogP contribution in [0.2, 0.25) is 0 Å². The van der Waals surface area contributed by atoms with Gasteiger partial charge in [-0.05, 0) is 32.4 Å². The van der Waals surface area contributed by atoms with E-state index in [1.165, 1.54) is 0 Å². The molecule has 5 heteroatoms. The van der Waals surface area contributed by atoms with Crippen molar-refractivity contribution in [2.45, 2.75) is 20.3 Å². The first-order valence-corrected chi connectivity index (χ1v) is 6.52. The molecule has 2 heterocycles. The van der Waals surface area contributed by atoms with Crippen LogP contribution in [0.25, 0.3) is 5.65 Å². The maximum Gasteiger partial charge on any atom is 0.251 e. The SMILES string of the molecule is CCOCCCNC(=O)c1ccn2cc(C)nc2c1. The van der Waals surface area contributed by atoms with Crippen molar-refractivity contribution in [2.24, 2.45) is 0 Å². The van der Waals surface area contributed by atoms with Crippen molar-refractivity contribution in [1.82, 2.24) is 14.7 Å².